The van der Waals surface area contributed by atoms with Crippen molar-refractivity contribution in [1.82, 2.24) is 20.2 Å². The van der Waals surface area contributed by atoms with Crippen LogP contribution in [-0.4, -0.2) is 46.9 Å². The molecule has 0 aliphatic carbocycles. The minimum atomic E-state index is -0.126. The van der Waals surface area contributed by atoms with Crippen LogP contribution < -0.4 is 10.2 Å². The predicted octanol–water partition coefficient (Wildman–Crippen LogP) is 2.98. The number of carbonyl (C=O) groups is 2. The minimum Gasteiger partial charge on any atom is -0.340 e. The Bertz CT molecular complexity index is 1070. The van der Waals surface area contributed by atoms with Gasteiger partial charge in [0, 0.05) is 31.4 Å². The number of urea groups is 1. The summed E-state index contributed by atoms with van der Waals surface area (Å²) >= 11 is 0. The number of H-pyrrole nitrogens is 1. The smallest absolute Gasteiger partial charge is 0.322 e. The van der Waals surface area contributed by atoms with Crippen LogP contribution in [0.2, 0.25) is 0 Å². The van der Waals surface area contributed by atoms with Crippen LogP contribution in [-0.2, 0) is 6.54 Å². The van der Waals surface area contributed by atoms with Gasteiger partial charge in [0.2, 0.25) is 0 Å². The number of anilines is 1. The first-order chi connectivity index (χ1) is 13.4. The summed E-state index contributed by atoms with van der Waals surface area (Å²) in [5, 5.41) is 2.80. The second-order valence-corrected chi connectivity index (χ2v) is 7.25. The highest BCUT2D eigenvalue weighted by molar-refractivity contribution is 5.99. The van der Waals surface area contributed by atoms with Crippen molar-refractivity contribution in [3.05, 3.63) is 58.9 Å². The van der Waals surface area contributed by atoms with Crippen molar-refractivity contribution in [1.29, 1.82) is 0 Å². The van der Waals surface area contributed by atoms with Crippen molar-refractivity contribution in [2.75, 3.05) is 25.0 Å². The van der Waals surface area contributed by atoms with Crippen molar-refractivity contribution in [2.45, 2.75) is 20.4 Å². The first-order valence-corrected chi connectivity index (χ1v) is 9.29. The molecule has 0 radical (unpaired) electrons. The molecule has 0 unspecified atom stereocenters. The first-order valence-electron chi connectivity index (χ1n) is 9.29. The van der Waals surface area contributed by atoms with E-state index in [4.69, 9.17) is 0 Å². The van der Waals surface area contributed by atoms with Gasteiger partial charge >= 0.3 is 6.03 Å². The number of nitrogens with one attached hydrogen (secondary N) is 2. The Labute approximate surface area is 163 Å². The van der Waals surface area contributed by atoms with Crippen LogP contribution in [0.4, 0.5) is 10.5 Å². The van der Waals surface area contributed by atoms with Gasteiger partial charge in [-0.3, -0.25) is 9.69 Å². The third kappa shape index (κ3) is 3.31. The van der Waals surface area contributed by atoms with Gasteiger partial charge in [0.15, 0.2) is 0 Å². The summed E-state index contributed by atoms with van der Waals surface area (Å²) in [6.07, 6.45) is 0. The normalized spacial score (nSPS) is 13.8. The van der Waals surface area contributed by atoms with Gasteiger partial charge in [0.25, 0.3) is 5.91 Å². The van der Waals surface area contributed by atoms with Gasteiger partial charge in [-0.25, -0.2) is 9.78 Å². The molecule has 1 saturated heterocycles. The molecule has 1 aromatic heterocycles. The van der Waals surface area contributed by atoms with Crippen LogP contribution >= 0.6 is 0 Å². The molecular weight excluding hydrogens is 354 g/mol. The van der Waals surface area contributed by atoms with E-state index in [-0.39, 0.29) is 11.9 Å². The average molecular weight is 377 g/mol. The Kier molecular flexibility index (Phi) is 4.50. The van der Waals surface area contributed by atoms with Gasteiger partial charge in [0.05, 0.1) is 17.6 Å². The van der Waals surface area contributed by atoms with E-state index in [1.54, 1.807) is 29.0 Å². The van der Waals surface area contributed by atoms with Crippen molar-refractivity contribution >= 4 is 28.7 Å². The molecule has 2 N–H and O–H groups in total. The predicted molar refractivity (Wildman–Crippen MR) is 109 cm³/mol. The van der Waals surface area contributed by atoms with Crippen LogP contribution in [0.3, 0.4) is 0 Å². The second kappa shape index (κ2) is 6.99. The third-order valence-electron chi connectivity index (χ3n) is 5.02. The fourth-order valence-corrected chi connectivity index (χ4v) is 3.50. The number of carbonyl (C=O) groups excluding carboxylic acids is 2. The number of aromatic amines is 1. The van der Waals surface area contributed by atoms with Crippen molar-refractivity contribution in [3.8, 4) is 0 Å². The van der Waals surface area contributed by atoms with E-state index in [0.717, 1.165) is 33.7 Å². The van der Waals surface area contributed by atoms with Crippen LogP contribution in [0.25, 0.3) is 11.0 Å². The molecule has 0 bridgehead atoms. The van der Waals surface area contributed by atoms with Gasteiger partial charge in [-0.1, -0.05) is 12.1 Å². The van der Waals surface area contributed by atoms with Crippen LogP contribution in [0.5, 0.6) is 0 Å². The molecule has 7 heteroatoms. The molecule has 7 nitrogen and oxygen atoms in total. The molecular formula is C21H23N5O2. The summed E-state index contributed by atoms with van der Waals surface area (Å²) in [5.41, 5.74) is 5.30. The number of nitrogens with zero attached hydrogens (tertiary/aromatic N) is 3. The van der Waals surface area contributed by atoms with Crippen molar-refractivity contribution in [3.63, 3.8) is 0 Å². The number of fused-ring (bicyclic) bond motifs is 1. The average Bonchev–Trinajstić information content (AvgIpc) is 3.26. The summed E-state index contributed by atoms with van der Waals surface area (Å²) in [6.45, 7) is 5.56. The molecule has 2 heterocycles. The standard InChI is InChI=1S/C21H23N5O2/c1-13-4-7-16-17(10-13)24-19(23-16)12-25(3)20(27)15-6-5-14(2)18(11-15)26-9-8-22-21(26)28/h4-7,10-11H,8-9,12H2,1-3H3,(H,22,28)(H,23,24). The second-order valence-electron chi connectivity index (χ2n) is 7.25. The fraction of sp³-hybridized carbons (Fsp3) is 0.286. The van der Waals surface area contributed by atoms with Crippen LogP contribution in [0.1, 0.15) is 27.3 Å². The third-order valence-corrected chi connectivity index (χ3v) is 5.02. The van der Waals surface area contributed by atoms with E-state index in [0.29, 0.717) is 25.2 Å². The Morgan fingerprint density at radius 2 is 2.04 bits per heavy atom. The molecule has 28 heavy (non-hydrogen) atoms. The Morgan fingerprint density at radius 3 is 2.79 bits per heavy atom. The molecule has 0 spiro atoms. The van der Waals surface area contributed by atoms with E-state index in [9.17, 15) is 9.59 Å². The number of aromatic nitrogens is 2. The number of imidazole rings is 1. The lowest BCUT2D eigenvalue weighted by molar-refractivity contribution is 0.0782. The van der Waals surface area contributed by atoms with E-state index < -0.39 is 0 Å². The van der Waals surface area contributed by atoms with E-state index in [1.807, 2.05) is 38.1 Å². The van der Waals surface area contributed by atoms with Gasteiger partial charge in [-0.15, -0.1) is 0 Å². The quantitative estimate of drug-likeness (QED) is 0.733. The molecule has 1 fully saturated rings. The number of benzene rings is 2. The molecule has 144 valence electrons. The number of amides is 3. The fourth-order valence-electron chi connectivity index (χ4n) is 3.50. The monoisotopic (exact) mass is 377 g/mol. The summed E-state index contributed by atoms with van der Waals surface area (Å²) in [6, 6.07) is 11.4. The molecule has 0 saturated carbocycles. The van der Waals surface area contributed by atoms with E-state index in [1.165, 1.54) is 0 Å². The van der Waals surface area contributed by atoms with Gasteiger partial charge < -0.3 is 15.2 Å². The van der Waals surface area contributed by atoms with Crippen LogP contribution in [0, 0.1) is 13.8 Å². The number of rotatable bonds is 4. The summed E-state index contributed by atoms with van der Waals surface area (Å²) in [7, 11) is 1.75. The maximum Gasteiger partial charge on any atom is 0.322 e. The van der Waals surface area contributed by atoms with Gasteiger partial charge in [-0.05, 0) is 49.2 Å². The largest absolute Gasteiger partial charge is 0.340 e. The van der Waals surface area contributed by atoms with E-state index in [2.05, 4.69) is 15.3 Å². The van der Waals surface area contributed by atoms with E-state index >= 15 is 0 Å². The minimum absolute atomic E-state index is 0.113. The summed E-state index contributed by atoms with van der Waals surface area (Å²) in [5.74, 6) is 0.625. The topological polar surface area (TPSA) is 81.3 Å². The number of aryl methyl sites for hydroxylation is 2. The molecule has 1 aliphatic heterocycles. The molecule has 0 atom stereocenters. The summed E-state index contributed by atoms with van der Waals surface area (Å²) in [4.78, 5) is 36.1. The Hall–Kier alpha value is -3.35. The SMILES string of the molecule is Cc1ccc2nc(CN(C)C(=O)c3ccc(C)c(N4CCNC4=O)c3)[nH]c2c1. The maximum absolute atomic E-state index is 12.9. The van der Waals surface area contributed by atoms with Gasteiger partial charge in [-0.2, -0.15) is 0 Å². The molecule has 3 aromatic rings. The number of hydrogen-bond acceptors (Lipinski definition) is 3. The molecule has 1 aliphatic rings. The van der Waals surface area contributed by atoms with Crippen molar-refractivity contribution in [2.24, 2.45) is 0 Å². The van der Waals surface area contributed by atoms with Gasteiger partial charge in [0.1, 0.15) is 5.82 Å². The summed E-state index contributed by atoms with van der Waals surface area (Å²) < 4.78 is 0. The number of hydrogen-bond donors (Lipinski definition) is 2. The highest BCUT2D eigenvalue weighted by atomic mass is 16.2. The maximum atomic E-state index is 12.9. The van der Waals surface area contributed by atoms with Crippen LogP contribution in [0.15, 0.2) is 36.4 Å². The Morgan fingerprint density at radius 1 is 1.21 bits per heavy atom. The highest BCUT2D eigenvalue weighted by Gasteiger charge is 2.24. The zero-order valence-corrected chi connectivity index (χ0v) is 16.2. The Balaban J connectivity index is 1.55. The zero-order valence-electron chi connectivity index (χ0n) is 16.2. The zero-order chi connectivity index (χ0) is 19.8. The lowest BCUT2D eigenvalue weighted by Gasteiger charge is -2.20. The first kappa shape index (κ1) is 18.0. The lowest BCUT2D eigenvalue weighted by Crippen LogP contribution is -2.30. The highest BCUT2D eigenvalue weighted by Crippen LogP contribution is 2.24. The van der Waals surface area contributed by atoms with Crippen molar-refractivity contribution < 1.29 is 9.59 Å². The molecule has 4 rings (SSSR count). The molecule has 3 amide bonds. The molecule has 2 aromatic carbocycles. The lowest BCUT2D eigenvalue weighted by atomic mass is 10.1.